The second-order valence-corrected chi connectivity index (χ2v) is 7.96. The number of aliphatic hydroxyl groups is 2. The number of halogens is 3. The van der Waals surface area contributed by atoms with E-state index in [1.807, 2.05) is 37.3 Å². The van der Waals surface area contributed by atoms with Gasteiger partial charge in [-0.05, 0) is 48.7 Å². The molecule has 2 aromatic carbocycles. The van der Waals surface area contributed by atoms with E-state index in [2.05, 4.69) is 4.74 Å². The molecule has 2 aliphatic rings. The summed E-state index contributed by atoms with van der Waals surface area (Å²) in [5.41, 5.74) is 2.46. The normalized spacial score (nSPS) is 26.6. The third kappa shape index (κ3) is 5.39. The zero-order valence-electron chi connectivity index (χ0n) is 17.9. The second kappa shape index (κ2) is 10.4. The molecule has 3 atom stereocenters. The number of aliphatic hydroxyl groups excluding tert-OH is 2. The molecule has 2 saturated heterocycles. The molecular formula is C23H27ClF2O6. The number of fused-ring (bicyclic) bond motifs is 2. The lowest BCUT2D eigenvalue weighted by molar-refractivity contribution is -0.352. The summed E-state index contributed by atoms with van der Waals surface area (Å²) < 4.78 is 47.6. The van der Waals surface area contributed by atoms with Crippen molar-refractivity contribution in [3.8, 4) is 5.75 Å². The maximum absolute atomic E-state index is 12.9. The van der Waals surface area contributed by atoms with Crippen molar-refractivity contribution >= 4 is 11.6 Å². The number of ether oxygens (including phenoxy) is 4. The molecule has 2 aliphatic heterocycles. The molecule has 2 aromatic rings. The molecule has 0 radical (unpaired) electrons. The van der Waals surface area contributed by atoms with E-state index in [-0.39, 0.29) is 19.4 Å². The fourth-order valence-corrected chi connectivity index (χ4v) is 4.28. The van der Waals surface area contributed by atoms with E-state index in [0.717, 1.165) is 24.0 Å². The van der Waals surface area contributed by atoms with Gasteiger partial charge in [-0.25, -0.2) is 0 Å². The van der Waals surface area contributed by atoms with Crippen LogP contribution in [0.1, 0.15) is 36.5 Å². The van der Waals surface area contributed by atoms with Crippen LogP contribution in [0, 0.1) is 0 Å². The molecule has 0 amide bonds. The Balaban J connectivity index is 0.00000141. The first-order valence-electron chi connectivity index (χ1n) is 10.3. The Morgan fingerprint density at radius 3 is 2.53 bits per heavy atom. The fraction of sp³-hybridized carbons (Fsp3) is 0.478. The molecule has 0 aromatic heterocycles. The van der Waals surface area contributed by atoms with Crippen molar-refractivity contribution in [2.75, 3.05) is 20.3 Å². The number of benzene rings is 2. The van der Waals surface area contributed by atoms with Crippen molar-refractivity contribution in [3.05, 3.63) is 64.2 Å². The van der Waals surface area contributed by atoms with Crippen molar-refractivity contribution in [3.63, 3.8) is 0 Å². The van der Waals surface area contributed by atoms with Gasteiger partial charge in [0, 0.05) is 30.5 Å². The highest BCUT2D eigenvalue weighted by atomic mass is 35.5. The molecule has 1 unspecified atom stereocenters. The summed E-state index contributed by atoms with van der Waals surface area (Å²) >= 11 is 6.41. The molecule has 4 rings (SSSR count). The summed E-state index contributed by atoms with van der Waals surface area (Å²) in [4.78, 5) is 0. The van der Waals surface area contributed by atoms with Crippen LogP contribution in [0.25, 0.3) is 0 Å². The Bertz CT molecular complexity index is 893. The van der Waals surface area contributed by atoms with Gasteiger partial charge >= 0.3 is 6.61 Å². The first kappa shape index (κ1) is 24.8. The first-order valence-corrected chi connectivity index (χ1v) is 10.6. The van der Waals surface area contributed by atoms with E-state index in [9.17, 15) is 13.9 Å². The van der Waals surface area contributed by atoms with Gasteiger partial charge in [0.2, 0.25) is 11.6 Å². The topological polar surface area (TPSA) is 77.4 Å². The molecule has 2 fully saturated rings. The Labute approximate surface area is 190 Å². The van der Waals surface area contributed by atoms with Gasteiger partial charge in [0.1, 0.15) is 12.4 Å². The van der Waals surface area contributed by atoms with Gasteiger partial charge in [0.15, 0.2) is 0 Å². The van der Waals surface area contributed by atoms with Gasteiger partial charge < -0.3 is 24.4 Å². The quantitative estimate of drug-likeness (QED) is 0.628. The van der Waals surface area contributed by atoms with Crippen LogP contribution in [-0.4, -0.2) is 49.0 Å². The third-order valence-corrected chi connectivity index (χ3v) is 5.71. The van der Waals surface area contributed by atoms with Gasteiger partial charge in [0.05, 0.1) is 12.7 Å². The zero-order chi connectivity index (χ0) is 23.4. The second-order valence-electron chi connectivity index (χ2n) is 7.55. The summed E-state index contributed by atoms with van der Waals surface area (Å²) in [6.07, 6.45) is -0.307. The van der Waals surface area contributed by atoms with Gasteiger partial charge in [-0.15, -0.1) is 0 Å². The van der Waals surface area contributed by atoms with Gasteiger partial charge in [-0.1, -0.05) is 29.8 Å². The van der Waals surface area contributed by atoms with E-state index in [4.69, 9.17) is 30.9 Å². The van der Waals surface area contributed by atoms with Gasteiger partial charge in [-0.3, -0.25) is 4.74 Å². The maximum atomic E-state index is 12.9. The molecule has 0 aliphatic carbocycles. The van der Waals surface area contributed by atoms with Gasteiger partial charge in [-0.2, -0.15) is 8.78 Å². The lowest BCUT2D eigenvalue weighted by atomic mass is 9.91. The Morgan fingerprint density at radius 2 is 1.88 bits per heavy atom. The molecule has 0 spiro atoms. The minimum absolute atomic E-state index is 0.0777. The van der Waals surface area contributed by atoms with Crippen LogP contribution in [0.2, 0.25) is 5.02 Å². The van der Waals surface area contributed by atoms with Crippen LogP contribution in [-0.2, 0) is 26.4 Å². The Morgan fingerprint density at radius 1 is 1.16 bits per heavy atom. The highest BCUT2D eigenvalue weighted by Gasteiger charge is 2.59. The molecule has 2 bridgehead atoms. The van der Waals surface area contributed by atoms with Crippen LogP contribution >= 0.6 is 11.6 Å². The minimum Gasteiger partial charge on any atom is -0.494 e. The summed E-state index contributed by atoms with van der Waals surface area (Å²) in [6, 6.07) is 13.0. The molecule has 9 heteroatoms. The predicted octanol–water partition coefficient (Wildman–Crippen LogP) is 4.23. The molecule has 2 N–H and O–H groups in total. The van der Waals surface area contributed by atoms with Crippen LogP contribution in [0.3, 0.4) is 0 Å². The Hall–Kier alpha value is -1.81. The lowest BCUT2D eigenvalue weighted by Gasteiger charge is -2.39. The maximum Gasteiger partial charge on any atom is 0.347 e. The molecule has 2 heterocycles. The molecule has 6 nitrogen and oxygen atoms in total. The van der Waals surface area contributed by atoms with E-state index in [1.165, 1.54) is 0 Å². The smallest absolute Gasteiger partial charge is 0.347 e. The number of hydrogen-bond donors (Lipinski definition) is 2. The average molecular weight is 473 g/mol. The largest absolute Gasteiger partial charge is 0.494 e. The number of alkyl halides is 2. The van der Waals surface area contributed by atoms with Crippen LogP contribution in [0.5, 0.6) is 5.75 Å². The van der Waals surface area contributed by atoms with Crippen LogP contribution in [0.15, 0.2) is 42.5 Å². The summed E-state index contributed by atoms with van der Waals surface area (Å²) in [7, 11) is 1.00. The highest BCUT2D eigenvalue weighted by Crippen LogP contribution is 2.50. The van der Waals surface area contributed by atoms with E-state index in [0.29, 0.717) is 23.6 Å². The van der Waals surface area contributed by atoms with E-state index < -0.39 is 24.3 Å². The van der Waals surface area contributed by atoms with Crippen LogP contribution < -0.4 is 4.74 Å². The van der Waals surface area contributed by atoms with Crippen molar-refractivity contribution in [2.45, 2.75) is 50.5 Å². The Kier molecular flexibility index (Phi) is 8.08. The SMILES string of the molecule is CCOc1ccc(Cc2cc([C@]34CC(O)C[C@](OC(F)F)(CO3)O4)ccc2Cl)cc1.CO. The lowest BCUT2D eigenvalue weighted by Crippen LogP contribution is -2.48. The fourth-order valence-electron chi connectivity index (χ4n) is 4.09. The minimum atomic E-state index is -3.03. The average Bonchev–Trinajstić information content (AvgIpc) is 3.03. The van der Waals surface area contributed by atoms with E-state index >= 15 is 0 Å². The van der Waals surface area contributed by atoms with Crippen molar-refractivity contribution < 1.29 is 37.9 Å². The summed E-state index contributed by atoms with van der Waals surface area (Å²) in [5, 5.41) is 17.9. The van der Waals surface area contributed by atoms with Crippen LogP contribution in [0.4, 0.5) is 8.78 Å². The highest BCUT2D eigenvalue weighted by molar-refractivity contribution is 6.31. The first-order chi connectivity index (χ1) is 15.3. The predicted molar refractivity (Wildman–Crippen MR) is 114 cm³/mol. The molecule has 32 heavy (non-hydrogen) atoms. The summed E-state index contributed by atoms with van der Waals surface area (Å²) in [6.45, 7) is -0.701. The zero-order valence-corrected chi connectivity index (χ0v) is 18.6. The molecular weight excluding hydrogens is 446 g/mol. The van der Waals surface area contributed by atoms with E-state index in [1.54, 1.807) is 12.1 Å². The standard InChI is InChI=1S/C22H23ClF2O5.CH4O/c1-2-27-18-6-3-14(4-7-18)9-15-10-16(5-8-19(15)23)22-12-17(26)11-21(30-22,13-28-22)29-20(24)25;1-2/h3-8,10,17,20,26H,2,9,11-13H2,1H3;2H,1H3/t17?,21-,22-;/m1./s1. The molecule has 0 saturated carbocycles. The number of rotatable bonds is 7. The monoisotopic (exact) mass is 472 g/mol. The molecule has 176 valence electrons. The third-order valence-electron chi connectivity index (χ3n) is 5.35. The van der Waals surface area contributed by atoms with Gasteiger partial charge in [0.25, 0.3) is 0 Å². The number of hydrogen-bond acceptors (Lipinski definition) is 6. The van der Waals surface area contributed by atoms with Crippen molar-refractivity contribution in [1.29, 1.82) is 0 Å². The summed E-state index contributed by atoms with van der Waals surface area (Å²) in [5.74, 6) is -2.23. The van der Waals surface area contributed by atoms with Crippen molar-refractivity contribution in [1.82, 2.24) is 0 Å². The van der Waals surface area contributed by atoms with Crippen molar-refractivity contribution in [2.24, 2.45) is 0 Å².